The lowest BCUT2D eigenvalue weighted by atomic mass is 10.2. The molecule has 1 unspecified atom stereocenters. The molecule has 10 nitrogen and oxygen atoms in total. The van der Waals surface area contributed by atoms with Gasteiger partial charge in [0.1, 0.15) is 11.8 Å². The van der Waals surface area contributed by atoms with Crippen molar-refractivity contribution in [3.05, 3.63) is 21.6 Å². The first kappa shape index (κ1) is 20.4. The van der Waals surface area contributed by atoms with Gasteiger partial charge in [0.15, 0.2) is 0 Å². The van der Waals surface area contributed by atoms with E-state index in [-0.39, 0.29) is 23.7 Å². The zero-order valence-corrected chi connectivity index (χ0v) is 15.8. The highest BCUT2D eigenvalue weighted by atomic mass is 35.5. The molecule has 0 bridgehead atoms. The predicted octanol–water partition coefficient (Wildman–Crippen LogP) is 1.36. The highest BCUT2D eigenvalue weighted by molar-refractivity contribution is 6.28. The molecule has 2 heterocycles. The van der Waals surface area contributed by atoms with Gasteiger partial charge in [0, 0.05) is 32.7 Å². The van der Waals surface area contributed by atoms with Gasteiger partial charge in [-0.2, -0.15) is 0 Å². The van der Waals surface area contributed by atoms with Crippen LogP contribution in [0.1, 0.15) is 20.8 Å². The first-order chi connectivity index (χ1) is 12.0. The van der Waals surface area contributed by atoms with Gasteiger partial charge in [-0.15, -0.1) is 0 Å². The maximum absolute atomic E-state index is 12.0. The van der Waals surface area contributed by atoms with Crippen molar-refractivity contribution in [1.29, 1.82) is 0 Å². The Morgan fingerprint density at radius 1 is 1.38 bits per heavy atom. The first-order valence-corrected chi connectivity index (χ1v) is 8.68. The molecule has 0 aromatic carbocycles. The molecule has 2 rings (SSSR count). The van der Waals surface area contributed by atoms with Crippen LogP contribution in [0.4, 0.5) is 10.6 Å². The Labute approximate surface area is 156 Å². The molecule has 1 saturated heterocycles. The molecule has 1 aliphatic heterocycles. The van der Waals surface area contributed by atoms with Gasteiger partial charge >= 0.3 is 17.2 Å². The number of carbonyl (C=O) groups is 1. The second-order valence-electron chi connectivity index (χ2n) is 7.20. The van der Waals surface area contributed by atoms with Gasteiger partial charge < -0.3 is 24.9 Å². The van der Waals surface area contributed by atoms with Crippen molar-refractivity contribution in [1.82, 2.24) is 19.4 Å². The summed E-state index contributed by atoms with van der Waals surface area (Å²) in [6.45, 7) is 8.17. The largest absolute Gasteiger partial charge is 0.444 e. The fourth-order valence-corrected chi connectivity index (χ4v) is 2.82. The summed E-state index contributed by atoms with van der Waals surface area (Å²) in [5.74, 6) is -0.354. The van der Waals surface area contributed by atoms with Crippen molar-refractivity contribution in [2.45, 2.75) is 39.0 Å². The van der Waals surface area contributed by atoms with Crippen LogP contribution in [0.3, 0.4) is 0 Å². The number of rotatable bonds is 5. The van der Waals surface area contributed by atoms with Crippen molar-refractivity contribution in [2.24, 2.45) is 0 Å². The first-order valence-electron chi connectivity index (χ1n) is 8.30. The Kier molecular flexibility index (Phi) is 6.43. The minimum absolute atomic E-state index is 0.0366. The minimum atomic E-state index is -0.769. The van der Waals surface area contributed by atoms with Gasteiger partial charge in [0.25, 0.3) is 0 Å². The topological polar surface area (TPSA) is 114 Å². The summed E-state index contributed by atoms with van der Waals surface area (Å²) in [6.07, 6.45) is 0.0935. The standard InChI is InChI=1S/C15H24ClN5O5/c1-15(2,3)26-14(23)19-6-4-18(5-7-19)8-11(22)9-20-10-12(21(24)25)17-13(20)16/h10-11,22H,4-9H2,1-3H3. The molecule has 26 heavy (non-hydrogen) atoms. The van der Waals surface area contributed by atoms with Crippen molar-refractivity contribution in [2.75, 3.05) is 32.7 Å². The van der Waals surface area contributed by atoms with E-state index in [9.17, 15) is 20.0 Å². The van der Waals surface area contributed by atoms with E-state index in [4.69, 9.17) is 16.3 Å². The van der Waals surface area contributed by atoms with Crippen molar-refractivity contribution in [3.63, 3.8) is 0 Å². The number of carbonyl (C=O) groups excluding carboxylic acids is 1. The number of ether oxygens (including phenoxy) is 1. The van der Waals surface area contributed by atoms with Gasteiger partial charge in [-0.25, -0.2) is 4.79 Å². The lowest BCUT2D eigenvalue weighted by Gasteiger charge is -2.36. The smallest absolute Gasteiger partial charge is 0.410 e. The highest BCUT2D eigenvalue weighted by Crippen LogP contribution is 2.16. The Morgan fingerprint density at radius 3 is 2.50 bits per heavy atom. The van der Waals surface area contributed by atoms with E-state index in [1.165, 1.54) is 10.8 Å². The molecule has 1 aliphatic rings. The van der Waals surface area contributed by atoms with Crippen LogP contribution in [-0.4, -0.2) is 79.9 Å². The molecular formula is C15H24ClN5O5. The number of piperazine rings is 1. The van der Waals surface area contributed by atoms with Gasteiger partial charge in [0.2, 0.25) is 0 Å². The van der Waals surface area contributed by atoms with Crippen LogP contribution in [0.25, 0.3) is 0 Å². The fourth-order valence-electron chi connectivity index (χ4n) is 2.62. The normalized spacial score (nSPS) is 17.2. The zero-order chi connectivity index (χ0) is 19.5. The number of aliphatic hydroxyl groups excluding tert-OH is 1. The molecule has 11 heteroatoms. The second kappa shape index (κ2) is 8.19. The number of β-amino-alcohol motifs (C(OH)–C–C–N with tert-alkyl or cyclic N) is 1. The van der Waals surface area contributed by atoms with Crippen molar-refractivity contribution >= 4 is 23.5 Å². The third-order valence-corrected chi connectivity index (χ3v) is 4.10. The van der Waals surface area contributed by atoms with E-state index in [1.54, 1.807) is 4.90 Å². The fraction of sp³-hybridized carbons (Fsp3) is 0.733. The molecule has 0 saturated carbocycles. The summed E-state index contributed by atoms with van der Waals surface area (Å²) in [7, 11) is 0. The molecule has 146 valence electrons. The average Bonchev–Trinajstić information content (AvgIpc) is 2.87. The third-order valence-electron chi connectivity index (χ3n) is 3.80. The van der Waals surface area contributed by atoms with Crippen LogP contribution in [-0.2, 0) is 11.3 Å². The number of aromatic nitrogens is 2. The Morgan fingerprint density at radius 2 is 2.00 bits per heavy atom. The number of hydrogen-bond donors (Lipinski definition) is 1. The molecule has 1 aromatic rings. The molecule has 1 amide bonds. The summed E-state index contributed by atoms with van der Waals surface area (Å²) in [5, 5.41) is 20.9. The van der Waals surface area contributed by atoms with E-state index in [2.05, 4.69) is 4.98 Å². The highest BCUT2D eigenvalue weighted by Gasteiger charge is 2.27. The Bertz CT molecular complexity index is 651. The summed E-state index contributed by atoms with van der Waals surface area (Å²) < 4.78 is 6.69. The number of hydrogen-bond acceptors (Lipinski definition) is 7. The lowest BCUT2D eigenvalue weighted by molar-refractivity contribution is -0.389. The van der Waals surface area contributed by atoms with Crippen LogP contribution < -0.4 is 0 Å². The summed E-state index contributed by atoms with van der Waals surface area (Å²) in [6, 6.07) is 0. The molecule has 1 atom stereocenters. The molecule has 0 aliphatic carbocycles. The van der Waals surface area contributed by atoms with Gasteiger partial charge in [0.05, 0.1) is 12.6 Å². The summed E-state index contributed by atoms with van der Waals surface area (Å²) >= 11 is 5.85. The number of nitro groups is 1. The summed E-state index contributed by atoms with van der Waals surface area (Å²) in [4.78, 5) is 29.4. The zero-order valence-electron chi connectivity index (χ0n) is 15.1. The molecule has 1 fully saturated rings. The number of aliphatic hydroxyl groups is 1. The molecule has 1 aromatic heterocycles. The maximum Gasteiger partial charge on any atom is 0.410 e. The van der Waals surface area contributed by atoms with Crippen molar-refractivity contribution in [3.8, 4) is 0 Å². The van der Waals surface area contributed by atoms with Crippen LogP contribution >= 0.6 is 11.6 Å². The molecule has 0 radical (unpaired) electrons. The molecular weight excluding hydrogens is 366 g/mol. The van der Waals surface area contributed by atoms with Crippen LogP contribution in [0.5, 0.6) is 0 Å². The van der Waals surface area contributed by atoms with E-state index in [1.807, 2.05) is 25.7 Å². The van der Waals surface area contributed by atoms with E-state index >= 15 is 0 Å². The van der Waals surface area contributed by atoms with E-state index in [0.29, 0.717) is 32.7 Å². The number of halogens is 1. The lowest BCUT2D eigenvalue weighted by Crippen LogP contribution is -2.51. The van der Waals surface area contributed by atoms with Gasteiger partial charge in [-0.1, -0.05) is 0 Å². The second-order valence-corrected chi connectivity index (χ2v) is 7.54. The monoisotopic (exact) mass is 389 g/mol. The quantitative estimate of drug-likeness (QED) is 0.597. The van der Waals surface area contributed by atoms with Crippen LogP contribution in [0, 0.1) is 10.1 Å². The van der Waals surface area contributed by atoms with Gasteiger partial charge in [-0.05, 0) is 42.3 Å². The van der Waals surface area contributed by atoms with Gasteiger partial charge in [-0.3, -0.25) is 9.47 Å². The molecule has 0 spiro atoms. The molecule has 1 N–H and O–H groups in total. The van der Waals surface area contributed by atoms with E-state index in [0.717, 1.165) is 0 Å². The maximum atomic E-state index is 12.0. The minimum Gasteiger partial charge on any atom is -0.444 e. The number of nitrogens with zero attached hydrogens (tertiary/aromatic N) is 5. The Hall–Kier alpha value is -1.91. The number of imidazole rings is 1. The predicted molar refractivity (Wildman–Crippen MR) is 94.1 cm³/mol. The Balaban J connectivity index is 1.80. The van der Waals surface area contributed by atoms with E-state index < -0.39 is 16.6 Å². The van der Waals surface area contributed by atoms with Crippen molar-refractivity contribution < 1.29 is 19.6 Å². The van der Waals surface area contributed by atoms with Crippen LogP contribution in [0.15, 0.2) is 6.20 Å². The third kappa shape index (κ3) is 5.82. The number of amides is 1. The summed E-state index contributed by atoms with van der Waals surface area (Å²) in [5.41, 5.74) is -0.531. The SMILES string of the molecule is CC(C)(C)OC(=O)N1CCN(CC(O)Cn2cc([N+](=O)[O-])nc2Cl)CC1. The average molecular weight is 390 g/mol. The van der Waals surface area contributed by atoms with Crippen LogP contribution in [0.2, 0.25) is 5.28 Å².